The number of rotatable bonds is 8. The van der Waals surface area contributed by atoms with Gasteiger partial charge in [0.2, 0.25) is 15.9 Å². The summed E-state index contributed by atoms with van der Waals surface area (Å²) in [5, 5.41) is 9.30. The molecule has 0 aliphatic heterocycles. The monoisotopic (exact) mass is 452 g/mol. The van der Waals surface area contributed by atoms with Gasteiger partial charge in [-0.15, -0.1) is 0 Å². The first kappa shape index (κ1) is 21.6. The molecule has 0 bridgehead atoms. The fourth-order valence-corrected chi connectivity index (χ4v) is 4.27. The summed E-state index contributed by atoms with van der Waals surface area (Å²) in [4.78, 5) is 16.9. The van der Waals surface area contributed by atoms with E-state index in [-0.39, 0.29) is 16.6 Å². The van der Waals surface area contributed by atoms with Crippen LogP contribution >= 0.6 is 23.4 Å². The molecular weight excluding hydrogens is 432 g/mol. The first-order valence-electron chi connectivity index (χ1n) is 8.99. The normalized spacial score (nSPS) is 11.7. The minimum absolute atomic E-state index is 0.0159. The van der Waals surface area contributed by atoms with Crippen LogP contribution in [0.2, 0.25) is 5.02 Å². The van der Waals surface area contributed by atoms with Crippen molar-refractivity contribution in [2.45, 2.75) is 36.4 Å². The Hall–Kier alpha value is -2.07. The number of primary sulfonamides is 1. The van der Waals surface area contributed by atoms with Crippen molar-refractivity contribution in [3.05, 3.63) is 47.5 Å². The Morgan fingerprint density at radius 1 is 1.24 bits per heavy atom. The van der Waals surface area contributed by atoms with Gasteiger partial charge in [-0.3, -0.25) is 4.79 Å². The molecule has 0 aliphatic carbocycles. The van der Waals surface area contributed by atoms with Gasteiger partial charge in [-0.25, -0.2) is 18.5 Å². The molecule has 1 heterocycles. The molecule has 1 aromatic heterocycles. The van der Waals surface area contributed by atoms with E-state index in [1.807, 2.05) is 4.57 Å². The highest BCUT2D eigenvalue weighted by Crippen LogP contribution is 2.27. The third kappa shape index (κ3) is 5.51. The summed E-state index contributed by atoms with van der Waals surface area (Å²) in [7, 11) is -3.81. The molecule has 0 spiro atoms. The van der Waals surface area contributed by atoms with E-state index in [2.05, 4.69) is 17.2 Å². The molecule has 2 aromatic carbocycles. The molecule has 0 saturated heterocycles. The van der Waals surface area contributed by atoms with Crippen LogP contribution in [-0.2, 0) is 21.4 Å². The van der Waals surface area contributed by atoms with Crippen LogP contribution in [0.15, 0.2) is 52.5 Å². The average molecular weight is 453 g/mol. The summed E-state index contributed by atoms with van der Waals surface area (Å²) in [5.41, 5.74) is 2.01. The van der Waals surface area contributed by atoms with E-state index in [1.165, 1.54) is 23.9 Å². The largest absolute Gasteiger partial charge is 0.325 e. The number of fused-ring (bicyclic) bond motifs is 1. The van der Waals surface area contributed by atoms with Crippen molar-refractivity contribution >= 4 is 56.0 Å². The summed E-state index contributed by atoms with van der Waals surface area (Å²) >= 11 is 7.15. The third-order valence-corrected chi connectivity index (χ3v) is 6.35. The Kier molecular flexibility index (Phi) is 6.84. The number of aryl methyl sites for hydroxylation is 1. The number of halogens is 1. The highest BCUT2D eigenvalue weighted by Gasteiger charge is 2.16. The molecule has 7 nitrogen and oxygen atoms in total. The molecular formula is C19H21ClN4O3S2. The summed E-state index contributed by atoms with van der Waals surface area (Å²) in [5.74, 6) is -0.00299. The van der Waals surface area contributed by atoms with Gasteiger partial charge in [-0.2, -0.15) is 0 Å². The van der Waals surface area contributed by atoms with Crippen LogP contribution in [0, 0.1) is 0 Å². The zero-order chi connectivity index (χ0) is 21.0. The van der Waals surface area contributed by atoms with Crippen molar-refractivity contribution in [1.29, 1.82) is 0 Å². The molecule has 0 fully saturated rings. The summed E-state index contributed by atoms with van der Waals surface area (Å²) in [6.07, 6.45) is 1.93. The van der Waals surface area contributed by atoms with Gasteiger partial charge in [0.05, 0.1) is 21.7 Å². The quantitative estimate of drug-likeness (QED) is 0.504. The van der Waals surface area contributed by atoms with Crippen molar-refractivity contribution in [2.24, 2.45) is 5.14 Å². The Balaban J connectivity index is 1.80. The van der Waals surface area contributed by atoms with E-state index in [9.17, 15) is 13.2 Å². The fraction of sp³-hybridized carbons (Fsp3) is 0.263. The van der Waals surface area contributed by atoms with Crippen LogP contribution in [0.4, 0.5) is 5.69 Å². The van der Waals surface area contributed by atoms with Crippen molar-refractivity contribution in [3.63, 3.8) is 0 Å². The predicted octanol–water partition coefficient (Wildman–Crippen LogP) is 3.87. The number of carbonyl (C=O) groups is 1. The topological polar surface area (TPSA) is 107 Å². The molecule has 3 aromatic rings. The number of nitrogens with two attached hydrogens (primary N) is 1. The molecule has 0 saturated carbocycles. The maximum absolute atomic E-state index is 12.3. The Morgan fingerprint density at radius 2 is 1.97 bits per heavy atom. The van der Waals surface area contributed by atoms with Gasteiger partial charge in [0, 0.05) is 17.3 Å². The average Bonchev–Trinajstić information content (AvgIpc) is 3.02. The Morgan fingerprint density at radius 3 is 2.62 bits per heavy atom. The van der Waals surface area contributed by atoms with Gasteiger partial charge in [0.1, 0.15) is 0 Å². The van der Waals surface area contributed by atoms with E-state index in [0.717, 1.165) is 24.9 Å². The smallest absolute Gasteiger partial charge is 0.238 e. The van der Waals surface area contributed by atoms with Crippen molar-refractivity contribution in [2.75, 3.05) is 11.1 Å². The van der Waals surface area contributed by atoms with Crippen LogP contribution in [-0.4, -0.2) is 29.6 Å². The lowest BCUT2D eigenvalue weighted by Crippen LogP contribution is -2.14. The molecule has 0 radical (unpaired) electrons. The minimum atomic E-state index is -3.81. The molecule has 10 heteroatoms. The zero-order valence-corrected chi connectivity index (χ0v) is 18.1. The second-order valence-corrected chi connectivity index (χ2v) is 9.38. The van der Waals surface area contributed by atoms with E-state index >= 15 is 0 Å². The third-order valence-electron chi connectivity index (χ3n) is 4.21. The van der Waals surface area contributed by atoms with Crippen LogP contribution in [0.3, 0.4) is 0 Å². The molecule has 3 N–H and O–H groups in total. The number of amides is 1. The molecule has 1 amide bonds. The van der Waals surface area contributed by atoms with Gasteiger partial charge in [0.25, 0.3) is 0 Å². The standard InChI is InChI=1S/C19H21ClN4O3S2/c1-2-3-10-24-17-9-8-15(29(21,26)27)11-16(17)23-19(24)28-12-18(25)22-14-6-4-13(20)5-7-14/h4-9,11H,2-3,10,12H2,1H3,(H,22,25)(H2,21,26,27). The predicted molar refractivity (Wildman–Crippen MR) is 117 cm³/mol. The van der Waals surface area contributed by atoms with Gasteiger partial charge in [-0.05, 0) is 48.9 Å². The number of nitrogens with one attached hydrogen (secondary N) is 1. The number of benzene rings is 2. The number of carbonyl (C=O) groups excluding carboxylic acids is 1. The van der Waals surface area contributed by atoms with Crippen LogP contribution < -0.4 is 10.5 Å². The molecule has 29 heavy (non-hydrogen) atoms. The van der Waals surface area contributed by atoms with E-state index in [0.29, 0.717) is 21.4 Å². The number of unbranched alkanes of at least 4 members (excludes halogenated alkanes) is 1. The van der Waals surface area contributed by atoms with Crippen LogP contribution in [0.1, 0.15) is 19.8 Å². The summed E-state index contributed by atoms with van der Waals surface area (Å²) in [6, 6.07) is 11.5. The summed E-state index contributed by atoms with van der Waals surface area (Å²) < 4.78 is 25.3. The lowest BCUT2D eigenvalue weighted by Gasteiger charge is -2.09. The van der Waals surface area contributed by atoms with E-state index < -0.39 is 10.0 Å². The Labute approximate surface area is 178 Å². The molecule has 0 unspecified atom stereocenters. The van der Waals surface area contributed by atoms with Crippen molar-refractivity contribution < 1.29 is 13.2 Å². The molecule has 0 aliphatic rings. The van der Waals surface area contributed by atoms with E-state index in [4.69, 9.17) is 16.7 Å². The number of hydrogen-bond acceptors (Lipinski definition) is 5. The zero-order valence-electron chi connectivity index (χ0n) is 15.8. The van der Waals surface area contributed by atoms with Crippen LogP contribution in [0.25, 0.3) is 11.0 Å². The van der Waals surface area contributed by atoms with Gasteiger partial charge in [-0.1, -0.05) is 36.7 Å². The number of thioether (sulfide) groups is 1. The summed E-state index contributed by atoms with van der Waals surface area (Å²) in [6.45, 7) is 2.81. The number of sulfonamides is 1. The second kappa shape index (κ2) is 9.17. The van der Waals surface area contributed by atoms with Crippen LogP contribution in [0.5, 0.6) is 0 Å². The van der Waals surface area contributed by atoms with E-state index in [1.54, 1.807) is 30.3 Å². The number of nitrogens with zero attached hydrogens (tertiary/aromatic N) is 2. The molecule has 3 rings (SSSR count). The van der Waals surface area contributed by atoms with Gasteiger partial charge < -0.3 is 9.88 Å². The van der Waals surface area contributed by atoms with Crippen molar-refractivity contribution in [3.8, 4) is 0 Å². The maximum atomic E-state index is 12.3. The van der Waals surface area contributed by atoms with Crippen molar-refractivity contribution in [1.82, 2.24) is 9.55 Å². The highest BCUT2D eigenvalue weighted by atomic mass is 35.5. The highest BCUT2D eigenvalue weighted by molar-refractivity contribution is 7.99. The van der Waals surface area contributed by atoms with Gasteiger partial charge >= 0.3 is 0 Å². The minimum Gasteiger partial charge on any atom is -0.325 e. The molecule has 154 valence electrons. The number of imidazole rings is 1. The first-order valence-corrected chi connectivity index (χ1v) is 11.9. The SMILES string of the molecule is CCCCn1c(SCC(=O)Nc2ccc(Cl)cc2)nc2cc(S(N)(=O)=O)ccc21. The van der Waals surface area contributed by atoms with Gasteiger partial charge in [0.15, 0.2) is 5.16 Å². The number of anilines is 1. The number of hydrogen-bond donors (Lipinski definition) is 2. The second-order valence-electron chi connectivity index (χ2n) is 6.44. The number of aromatic nitrogens is 2. The Bertz CT molecular complexity index is 1130. The first-order chi connectivity index (χ1) is 13.8. The molecule has 0 atom stereocenters. The fourth-order valence-electron chi connectivity index (χ4n) is 2.77. The lowest BCUT2D eigenvalue weighted by atomic mass is 10.3. The maximum Gasteiger partial charge on any atom is 0.238 e. The lowest BCUT2D eigenvalue weighted by molar-refractivity contribution is -0.113.